The van der Waals surface area contributed by atoms with E-state index in [-0.39, 0.29) is 5.82 Å². The molecule has 1 aliphatic heterocycles. The lowest BCUT2D eigenvalue weighted by molar-refractivity contribution is 0.0337. The Bertz CT molecular complexity index is 592. The molecule has 2 aliphatic rings. The number of aryl methyl sites for hydroxylation is 1. The molecule has 1 saturated heterocycles. The van der Waals surface area contributed by atoms with E-state index in [0.717, 1.165) is 30.0 Å². The highest BCUT2D eigenvalue weighted by Crippen LogP contribution is 2.52. The molecule has 1 saturated carbocycles. The van der Waals surface area contributed by atoms with Gasteiger partial charge in [0, 0.05) is 37.0 Å². The van der Waals surface area contributed by atoms with Crippen molar-refractivity contribution in [1.82, 2.24) is 0 Å². The quantitative estimate of drug-likeness (QED) is 0.674. The molecule has 3 heteroatoms. The molecule has 132 valence electrons. The zero-order valence-electron chi connectivity index (χ0n) is 15.6. The molecular weight excluding hydrogens is 299 g/mol. The summed E-state index contributed by atoms with van der Waals surface area (Å²) in [6.07, 6.45) is 5.68. The second-order valence-corrected chi connectivity index (χ2v) is 7.68. The lowest BCUT2D eigenvalue weighted by Gasteiger charge is -2.59. The van der Waals surface area contributed by atoms with Gasteiger partial charge in [0.2, 0.25) is 0 Å². The van der Waals surface area contributed by atoms with Crippen molar-refractivity contribution in [2.45, 2.75) is 47.0 Å². The van der Waals surface area contributed by atoms with E-state index in [2.05, 4.69) is 30.3 Å². The number of anilines is 1. The highest BCUT2D eigenvalue weighted by molar-refractivity contribution is 5.76. The van der Waals surface area contributed by atoms with Gasteiger partial charge in [0.05, 0.1) is 0 Å². The molecule has 0 unspecified atom stereocenters. The van der Waals surface area contributed by atoms with Gasteiger partial charge in [-0.1, -0.05) is 20.4 Å². The molecule has 0 amide bonds. The first-order valence-corrected chi connectivity index (χ1v) is 9.01. The maximum atomic E-state index is 13.1. The summed E-state index contributed by atoms with van der Waals surface area (Å²) >= 11 is 0. The van der Waals surface area contributed by atoms with E-state index in [1.54, 1.807) is 6.07 Å². The standard InChI is InChI=1S/C14H18FN.C7H13N/c1-10-6-14(7-10)8-16(9-14)12-3-4-13(15)11(2)5-12;1-4-5-8-6-7(2)3/h3-5,10H,6-9H2,1-2H3;6H,2,4-5H2,1,3H3. The number of allylic oxidation sites excluding steroid dienone is 1. The highest BCUT2D eigenvalue weighted by Gasteiger charge is 2.50. The van der Waals surface area contributed by atoms with Crippen LogP contribution in [0.3, 0.4) is 0 Å². The van der Waals surface area contributed by atoms with E-state index < -0.39 is 0 Å². The molecule has 0 bridgehead atoms. The maximum Gasteiger partial charge on any atom is 0.126 e. The molecule has 2 fully saturated rings. The van der Waals surface area contributed by atoms with E-state index in [1.807, 2.05) is 32.2 Å². The van der Waals surface area contributed by atoms with Crippen LogP contribution in [0.1, 0.15) is 45.6 Å². The number of hydrogen-bond acceptors (Lipinski definition) is 2. The first-order chi connectivity index (χ1) is 11.3. The summed E-state index contributed by atoms with van der Waals surface area (Å²) in [5, 5.41) is 0. The molecule has 24 heavy (non-hydrogen) atoms. The Balaban J connectivity index is 0.000000224. The van der Waals surface area contributed by atoms with E-state index in [0.29, 0.717) is 5.41 Å². The molecule has 0 radical (unpaired) electrons. The number of rotatable bonds is 4. The Morgan fingerprint density at radius 2 is 2.08 bits per heavy atom. The minimum Gasteiger partial charge on any atom is -0.370 e. The third-order valence-electron chi connectivity index (χ3n) is 4.79. The van der Waals surface area contributed by atoms with Crippen LogP contribution < -0.4 is 4.90 Å². The Morgan fingerprint density at radius 1 is 1.42 bits per heavy atom. The Labute approximate surface area is 146 Å². The van der Waals surface area contributed by atoms with Gasteiger partial charge in [-0.2, -0.15) is 0 Å². The summed E-state index contributed by atoms with van der Waals surface area (Å²) in [4.78, 5) is 6.44. The van der Waals surface area contributed by atoms with Crippen LogP contribution in [-0.4, -0.2) is 25.8 Å². The third-order valence-corrected chi connectivity index (χ3v) is 4.79. The lowest BCUT2D eigenvalue weighted by atomic mass is 9.58. The van der Waals surface area contributed by atoms with Crippen molar-refractivity contribution in [3.8, 4) is 0 Å². The number of hydrogen-bond donors (Lipinski definition) is 0. The lowest BCUT2D eigenvalue weighted by Crippen LogP contribution is -2.62. The summed E-state index contributed by atoms with van der Waals surface area (Å²) in [7, 11) is 0. The maximum absolute atomic E-state index is 13.1. The fourth-order valence-corrected chi connectivity index (χ4v) is 3.80. The van der Waals surface area contributed by atoms with Gasteiger partial charge in [0.15, 0.2) is 0 Å². The predicted molar refractivity (Wildman–Crippen MR) is 103 cm³/mol. The zero-order chi connectivity index (χ0) is 17.7. The van der Waals surface area contributed by atoms with Gasteiger partial charge in [0.1, 0.15) is 5.82 Å². The highest BCUT2D eigenvalue weighted by atomic mass is 19.1. The second kappa shape index (κ2) is 7.96. The van der Waals surface area contributed by atoms with E-state index in [4.69, 9.17) is 0 Å². The molecule has 0 N–H and O–H groups in total. The predicted octanol–water partition coefficient (Wildman–Crippen LogP) is 5.41. The van der Waals surface area contributed by atoms with Crippen LogP contribution in [0.2, 0.25) is 0 Å². The van der Waals surface area contributed by atoms with E-state index in [9.17, 15) is 4.39 Å². The summed E-state index contributed by atoms with van der Waals surface area (Å²) < 4.78 is 13.1. The smallest absolute Gasteiger partial charge is 0.126 e. The molecule has 1 aliphatic carbocycles. The van der Waals surface area contributed by atoms with E-state index >= 15 is 0 Å². The number of aliphatic imine (C=N–C) groups is 1. The normalized spacial score (nSPS) is 18.8. The zero-order valence-corrected chi connectivity index (χ0v) is 15.6. The topological polar surface area (TPSA) is 15.6 Å². The van der Waals surface area contributed by atoms with Crippen molar-refractivity contribution < 1.29 is 4.39 Å². The van der Waals surface area contributed by atoms with Crippen LogP contribution in [0.4, 0.5) is 10.1 Å². The Morgan fingerprint density at radius 3 is 2.58 bits per heavy atom. The molecule has 2 nitrogen and oxygen atoms in total. The average molecular weight is 330 g/mol. The van der Waals surface area contributed by atoms with Gasteiger partial charge in [-0.3, -0.25) is 4.99 Å². The van der Waals surface area contributed by atoms with Crippen molar-refractivity contribution >= 4 is 11.9 Å². The number of halogens is 1. The van der Waals surface area contributed by atoms with Gasteiger partial charge in [-0.25, -0.2) is 4.39 Å². The largest absolute Gasteiger partial charge is 0.370 e. The van der Waals surface area contributed by atoms with Crippen LogP contribution in [0.5, 0.6) is 0 Å². The first-order valence-electron chi connectivity index (χ1n) is 9.01. The van der Waals surface area contributed by atoms with Crippen molar-refractivity contribution in [3.63, 3.8) is 0 Å². The molecule has 1 spiro atoms. The molecule has 1 aromatic rings. The first kappa shape index (κ1) is 18.7. The fourth-order valence-electron chi connectivity index (χ4n) is 3.80. The minimum absolute atomic E-state index is 0.101. The number of benzene rings is 1. The van der Waals surface area contributed by atoms with Crippen LogP contribution in [0.25, 0.3) is 0 Å². The molecule has 3 rings (SSSR count). The number of nitrogens with zero attached hydrogens (tertiary/aromatic N) is 2. The van der Waals surface area contributed by atoms with Gasteiger partial charge in [-0.05, 0) is 68.4 Å². The van der Waals surface area contributed by atoms with Crippen molar-refractivity contribution in [1.29, 1.82) is 0 Å². The molecule has 1 heterocycles. The van der Waals surface area contributed by atoms with Crippen LogP contribution in [0, 0.1) is 24.1 Å². The van der Waals surface area contributed by atoms with Crippen LogP contribution in [-0.2, 0) is 0 Å². The van der Waals surface area contributed by atoms with Gasteiger partial charge in [0.25, 0.3) is 0 Å². The summed E-state index contributed by atoms with van der Waals surface area (Å²) in [6, 6.07) is 5.45. The van der Waals surface area contributed by atoms with Crippen molar-refractivity contribution in [3.05, 3.63) is 41.7 Å². The Hall–Kier alpha value is -1.64. The molecule has 1 aromatic carbocycles. The van der Waals surface area contributed by atoms with Gasteiger partial charge >= 0.3 is 0 Å². The summed E-state index contributed by atoms with van der Waals surface area (Å²) in [5.41, 5.74) is 3.57. The SMILES string of the molecule is C=C(C)C=NCCC.Cc1cc(N2CC3(CC(C)C3)C2)ccc1F. The Kier molecular flexibility index (Phi) is 6.20. The third kappa shape index (κ3) is 4.68. The molecular formula is C21H31FN2. The second-order valence-electron chi connectivity index (χ2n) is 7.68. The average Bonchev–Trinajstić information content (AvgIpc) is 2.45. The van der Waals surface area contributed by atoms with Crippen molar-refractivity contribution in [2.24, 2.45) is 16.3 Å². The van der Waals surface area contributed by atoms with E-state index in [1.165, 1.54) is 31.6 Å². The summed E-state index contributed by atoms with van der Waals surface area (Å²) in [6.45, 7) is 15.2. The summed E-state index contributed by atoms with van der Waals surface area (Å²) in [5.74, 6) is 0.813. The van der Waals surface area contributed by atoms with Crippen molar-refractivity contribution in [2.75, 3.05) is 24.5 Å². The van der Waals surface area contributed by atoms with Gasteiger partial charge < -0.3 is 4.90 Å². The molecule has 0 aromatic heterocycles. The van der Waals surface area contributed by atoms with Gasteiger partial charge in [-0.15, -0.1) is 0 Å². The van der Waals surface area contributed by atoms with Crippen LogP contribution >= 0.6 is 0 Å². The minimum atomic E-state index is -0.101. The molecule has 0 atom stereocenters. The fraction of sp³-hybridized carbons (Fsp3) is 0.571. The van der Waals surface area contributed by atoms with Crippen LogP contribution in [0.15, 0.2) is 35.3 Å². The monoisotopic (exact) mass is 330 g/mol.